The van der Waals surface area contributed by atoms with Crippen LogP contribution in [0.1, 0.15) is 27.9 Å². The third-order valence-corrected chi connectivity index (χ3v) is 5.10. The van der Waals surface area contributed by atoms with Crippen LogP contribution >= 0.6 is 11.6 Å². The van der Waals surface area contributed by atoms with Crippen LogP contribution in [0.5, 0.6) is 0 Å². The highest BCUT2D eigenvalue weighted by Crippen LogP contribution is 2.25. The monoisotopic (exact) mass is 326 g/mol. The van der Waals surface area contributed by atoms with E-state index in [0.29, 0.717) is 0 Å². The molecule has 118 valence electrons. The summed E-state index contributed by atoms with van der Waals surface area (Å²) in [6.07, 6.45) is 3.22. The first-order chi connectivity index (χ1) is 11.2. The van der Waals surface area contributed by atoms with Crippen LogP contribution in [0.25, 0.3) is 0 Å². The average Bonchev–Trinajstić information content (AvgIpc) is 2.97. The molecule has 4 rings (SSSR count). The largest absolute Gasteiger partial charge is 0.369 e. The van der Waals surface area contributed by atoms with E-state index >= 15 is 0 Å². The highest BCUT2D eigenvalue weighted by atomic mass is 35.5. The first-order valence-electron chi connectivity index (χ1n) is 8.12. The molecule has 0 bridgehead atoms. The van der Waals surface area contributed by atoms with Crippen molar-refractivity contribution in [3.05, 3.63) is 64.2 Å². The van der Waals surface area contributed by atoms with E-state index in [1.54, 1.807) is 0 Å². The van der Waals surface area contributed by atoms with Crippen molar-refractivity contribution in [2.75, 3.05) is 18.0 Å². The molecule has 1 aliphatic carbocycles. The minimum absolute atomic E-state index is 0.0441. The number of hydrogen-bond donors (Lipinski definition) is 1. The third-order valence-electron chi connectivity index (χ3n) is 4.85. The van der Waals surface area contributed by atoms with E-state index in [-0.39, 0.29) is 11.9 Å². The van der Waals surface area contributed by atoms with Gasteiger partial charge in [0, 0.05) is 35.4 Å². The van der Waals surface area contributed by atoms with Gasteiger partial charge >= 0.3 is 0 Å². The van der Waals surface area contributed by atoms with E-state index in [1.807, 2.05) is 36.4 Å². The maximum Gasteiger partial charge on any atom is 0.251 e. The van der Waals surface area contributed by atoms with Gasteiger partial charge in [0.1, 0.15) is 0 Å². The molecule has 1 atom stereocenters. The molecule has 0 spiro atoms. The summed E-state index contributed by atoms with van der Waals surface area (Å²) < 4.78 is 0. The third kappa shape index (κ3) is 2.93. The molecule has 23 heavy (non-hydrogen) atoms. The lowest BCUT2D eigenvalue weighted by atomic mass is 9.87. The van der Waals surface area contributed by atoms with Crippen molar-refractivity contribution in [2.45, 2.75) is 25.3 Å². The van der Waals surface area contributed by atoms with Gasteiger partial charge in [0.05, 0.1) is 0 Å². The van der Waals surface area contributed by atoms with Gasteiger partial charge in [-0.25, -0.2) is 0 Å². The lowest BCUT2D eigenvalue weighted by molar-refractivity contribution is 0.0940. The summed E-state index contributed by atoms with van der Waals surface area (Å²) in [6, 6.07) is 14.1. The minimum Gasteiger partial charge on any atom is -0.369 e. The van der Waals surface area contributed by atoms with Gasteiger partial charge < -0.3 is 10.2 Å². The summed E-state index contributed by atoms with van der Waals surface area (Å²) in [5.74, 6) is 0.0441. The zero-order valence-electron chi connectivity index (χ0n) is 12.9. The van der Waals surface area contributed by atoms with E-state index in [0.717, 1.165) is 48.6 Å². The zero-order chi connectivity index (χ0) is 15.8. The van der Waals surface area contributed by atoms with Crippen molar-refractivity contribution in [3.8, 4) is 0 Å². The summed E-state index contributed by atoms with van der Waals surface area (Å²) in [5, 5.41) is 3.92. The molecular weight excluding hydrogens is 308 g/mol. The molecule has 1 heterocycles. The zero-order valence-corrected chi connectivity index (χ0v) is 13.6. The number of aryl methyl sites for hydroxylation is 2. The molecule has 2 aromatic carbocycles. The second-order valence-electron chi connectivity index (χ2n) is 6.36. The smallest absolute Gasteiger partial charge is 0.251 e. The first-order valence-corrected chi connectivity index (χ1v) is 8.50. The van der Waals surface area contributed by atoms with Crippen molar-refractivity contribution >= 4 is 23.2 Å². The van der Waals surface area contributed by atoms with E-state index in [9.17, 15) is 4.79 Å². The fourth-order valence-electron chi connectivity index (χ4n) is 3.37. The molecule has 1 unspecified atom stereocenters. The Balaban J connectivity index is 1.39. The Morgan fingerprint density at radius 3 is 2.57 bits per heavy atom. The fourth-order valence-corrected chi connectivity index (χ4v) is 3.50. The summed E-state index contributed by atoms with van der Waals surface area (Å²) in [5.41, 5.74) is 4.66. The minimum atomic E-state index is 0.0441. The van der Waals surface area contributed by atoms with Gasteiger partial charge in [-0.2, -0.15) is 0 Å². The Labute approximate surface area is 141 Å². The number of hydrogen-bond acceptors (Lipinski definition) is 2. The Morgan fingerprint density at radius 1 is 1.09 bits per heavy atom. The number of anilines is 1. The molecule has 1 amide bonds. The van der Waals surface area contributed by atoms with Crippen molar-refractivity contribution < 1.29 is 4.79 Å². The summed E-state index contributed by atoms with van der Waals surface area (Å²) in [7, 11) is 0. The van der Waals surface area contributed by atoms with E-state index in [4.69, 9.17) is 11.6 Å². The Morgan fingerprint density at radius 2 is 1.87 bits per heavy atom. The molecule has 1 fully saturated rings. The van der Waals surface area contributed by atoms with Crippen LogP contribution in [0, 0.1) is 0 Å². The Kier molecular flexibility index (Phi) is 3.74. The van der Waals surface area contributed by atoms with E-state index < -0.39 is 0 Å². The predicted molar refractivity (Wildman–Crippen MR) is 93.4 cm³/mol. The normalized spacial score (nSPS) is 19.2. The topological polar surface area (TPSA) is 32.3 Å². The van der Waals surface area contributed by atoms with Crippen LogP contribution in [0.15, 0.2) is 42.5 Å². The van der Waals surface area contributed by atoms with Crippen molar-refractivity contribution in [1.82, 2.24) is 5.32 Å². The van der Waals surface area contributed by atoms with Gasteiger partial charge in [0.15, 0.2) is 0 Å². The quantitative estimate of drug-likeness (QED) is 0.937. The van der Waals surface area contributed by atoms with Crippen LogP contribution in [0.2, 0.25) is 5.02 Å². The fraction of sp³-hybridized carbons (Fsp3) is 0.316. The molecule has 2 aromatic rings. The number of halogens is 1. The highest BCUT2D eigenvalue weighted by molar-refractivity contribution is 6.30. The highest BCUT2D eigenvalue weighted by Gasteiger charge is 2.25. The van der Waals surface area contributed by atoms with Crippen LogP contribution in [0.3, 0.4) is 0 Å². The molecule has 2 aliphatic rings. The average molecular weight is 327 g/mol. The van der Waals surface area contributed by atoms with Crippen molar-refractivity contribution in [2.24, 2.45) is 0 Å². The van der Waals surface area contributed by atoms with Gasteiger partial charge in [-0.05, 0) is 66.8 Å². The second kappa shape index (κ2) is 5.89. The maximum atomic E-state index is 12.4. The van der Waals surface area contributed by atoms with Gasteiger partial charge in [-0.3, -0.25) is 4.79 Å². The number of amides is 1. The summed E-state index contributed by atoms with van der Waals surface area (Å²) >= 11 is 5.94. The molecule has 1 aliphatic heterocycles. The number of fused-ring (bicyclic) bond motifs is 1. The SMILES string of the molecule is O=C(NC1CCN(c2ccc(Cl)cc2)C1)c1ccc2c(c1)CC2. The standard InChI is InChI=1S/C19H19ClN2O/c20-16-5-7-18(8-6-16)22-10-9-17(12-22)21-19(23)15-4-2-13-1-3-14(13)11-15/h2,4-8,11,17H,1,3,9-10,12H2,(H,21,23). The molecule has 0 saturated carbocycles. The summed E-state index contributed by atoms with van der Waals surface area (Å²) in [4.78, 5) is 14.7. The lowest BCUT2D eigenvalue weighted by Gasteiger charge is -2.21. The van der Waals surface area contributed by atoms with Crippen LogP contribution in [-0.2, 0) is 12.8 Å². The number of rotatable bonds is 3. The Bertz CT molecular complexity index is 742. The Hall–Kier alpha value is -2.00. The number of benzene rings is 2. The molecular formula is C19H19ClN2O. The van der Waals surface area contributed by atoms with Gasteiger partial charge in [-0.15, -0.1) is 0 Å². The second-order valence-corrected chi connectivity index (χ2v) is 6.80. The van der Waals surface area contributed by atoms with Crippen LogP contribution in [0.4, 0.5) is 5.69 Å². The summed E-state index contributed by atoms with van der Waals surface area (Å²) in [6.45, 7) is 1.80. The van der Waals surface area contributed by atoms with Crippen LogP contribution in [-0.4, -0.2) is 25.0 Å². The first kappa shape index (κ1) is 14.6. The van der Waals surface area contributed by atoms with E-state index in [2.05, 4.69) is 16.3 Å². The van der Waals surface area contributed by atoms with E-state index in [1.165, 1.54) is 11.1 Å². The molecule has 0 radical (unpaired) electrons. The molecule has 0 aromatic heterocycles. The van der Waals surface area contributed by atoms with Crippen molar-refractivity contribution in [3.63, 3.8) is 0 Å². The number of nitrogens with zero attached hydrogens (tertiary/aromatic N) is 1. The molecule has 1 saturated heterocycles. The van der Waals surface area contributed by atoms with Gasteiger partial charge in [0.2, 0.25) is 0 Å². The molecule has 1 N–H and O–H groups in total. The predicted octanol–water partition coefficient (Wildman–Crippen LogP) is 3.45. The van der Waals surface area contributed by atoms with Gasteiger partial charge in [-0.1, -0.05) is 17.7 Å². The van der Waals surface area contributed by atoms with Gasteiger partial charge in [0.25, 0.3) is 5.91 Å². The maximum absolute atomic E-state index is 12.4. The molecule has 3 nitrogen and oxygen atoms in total. The number of carbonyl (C=O) groups is 1. The molecule has 4 heteroatoms. The van der Waals surface area contributed by atoms with Crippen LogP contribution < -0.4 is 10.2 Å². The van der Waals surface area contributed by atoms with Crippen molar-refractivity contribution in [1.29, 1.82) is 0 Å². The number of carbonyl (C=O) groups excluding carboxylic acids is 1. The number of nitrogens with one attached hydrogen (secondary N) is 1. The lowest BCUT2D eigenvalue weighted by Crippen LogP contribution is -2.37.